The molecule has 0 aromatic carbocycles. The summed E-state index contributed by atoms with van der Waals surface area (Å²) in [4.78, 5) is 24.4. The second-order valence-corrected chi connectivity index (χ2v) is 3.77. The molecule has 16 heavy (non-hydrogen) atoms. The Morgan fingerprint density at radius 1 is 1.62 bits per heavy atom. The van der Waals surface area contributed by atoms with Gasteiger partial charge in [0, 0.05) is 10.7 Å². The zero-order chi connectivity index (χ0) is 12.3. The van der Waals surface area contributed by atoms with E-state index in [2.05, 4.69) is 25.7 Å². The van der Waals surface area contributed by atoms with Gasteiger partial charge in [-0.2, -0.15) is 0 Å². The molecule has 0 atom stereocenters. The number of carbonyl (C=O) groups is 1. The van der Waals surface area contributed by atoms with Gasteiger partial charge in [0.2, 0.25) is 0 Å². The molecule has 0 fully saturated rings. The van der Waals surface area contributed by atoms with Gasteiger partial charge in [-0.1, -0.05) is 0 Å². The summed E-state index contributed by atoms with van der Waals surface area (Å²) >= 11 is 3.00. The number of carbonyl (C=O) groups excluding carboxylic acids is 1. The third-order valence-electron chi connectivity index (χ3n) is 1.96. The van der Waals surface area contributed by atoms with Crippen molar-refractivity contribution in [1.29, 1.82) is 0 Å². The van der Waals surface area contributed by atoms with Crippen molar-refractivity contribution in [3.05, 3.63) is 32.2 Å². The van der Waals surface area contributed by atoms with E-state index in [1.807, 2.05) is 0 Å². The molecule has 0 spiro atoms. The van der Waals surface area contributed by atoms with Crippen molar-refractivity contribution >= 4 is 21.9 Å². The Labute approximate surface area is 97.7 Å². The van der Waals surface area contributed by atoms with Crippen molar-refractivity contribution in [3.63, 3.8) is 0 Å². The first-order valence-corrected chi connectivity index (χ1v) is 5.01. The number of methoxy groups -OCH3 is 1. The zero-order valence-electron chi connectivity index (χ0n) is 8.22. The minimum atomic E-state index is -2.94. The van der Waals surface area contributed by atoms with E-state index in [0.29, 0.717) is 0 Å². The Morgan fingerprint density at radius 3 is 2.75 bits per heavy atom. The standard InChI is InChI=1S/C9H8BrF2NO3/c1-16-6(14)2-4-5(10)3-13-9(15)7(4)8(11)12/h3,8H,2H2,1H3,(H,13,15). The van der Waals surface area contributed by atoms with Crippen LogP contribution in [0.1, 0.15) is 17.6 Å². The third-order valence-corrected chi connectivity index (χ3v) is 2.66. The molecule has 88 valence electrons. The van der Waals surface area contributed by atoms with Crippen molar-refractivity contribution in [3.8, 4) is 0 Å². The van der Waals surface area contributed by atoms with Crippen LogP contribution in [-0.4, -0.2) is 18.1 Å². The molecule has 7 heteroatoms. The summed E-state index contributed by atoms with van der Waals surface area (Å²) in [7, 11) is 1.14. The van der Waals surface area contributed by atoms with Crippen LogP contribution in [0, 0.1) is 0 Å². The van der Waals surface area contributed by atoms with E-state index >= 15 is 0 Å². The van der Waals surface area contributed by atoms with Crippen LogP contribution >= 0.6 is 15.9 Å². The van der Waals surface area contributed by atoms with Gasteiger partial charge in [-0.05, 0) is 21.5 Å². The number of pyridine rings is 1. The number of ether oxygens (including phenoxy) is 1. The molecule has 0 amide bonds. The largest absolute Gasteiger partial charge is 0.469 e. The first-order chi connectivity index (χ1) is 7.47. The van der Waals surface area contributed by atoms with E-state index in [1.54, 1.807) is 0 Å². The molecular formula is C9H8BrF2NO3. The van der Waals surface area contributed by atoms with Crippen LogP contribution in [0.15, 0.2) is 15.5 Å². The first-order valence-electron chi connectivity index (χ1n) is 4.22. The minimum Gasteiger partial charge on any atom is -0.469 e. The summed E-state index contributed by atoms with van der Waals surface area (Å²) in [6.45, 7) is 0. The maximum Gasteiger partial charge on any atom is 0.310 e. The summed E-state index contributed by atoms with van der Waals surface area (Å²) in [5.41, 5.74) is -1.66. The molecule has 1 N–H and O–H groups in total. The molecule has 0 unspecified atom stereocenters. The Bertz CT molecular complexity index is 459. The summed E-state index contributed by atoms with van der Waals surface area (Å²) in [6.07, 6.45) is -2.10. The number of halogens is 3. The fraction of sp³-hybridized carbons (Fsp3) is 0.333. The van der Waals surface area contributed by atoms with Crippen LogP contribution in [0.5, 0.6) is 0 Å². The van der Waals surface area contributed by atoms with Gasteiger partial charge >= 0.3 is 5.97 Å². The van der Waals surface area contributed by atoms with Gasteiger partial charge in [0.15, 0.2) is 0 Å². The fourth-order valence-corrected chi connectivity index (χ4v) is 1.65. The smallest absolute Gasteiger partial charge is 0.310 e. The first kappa shape index (κ1) is 12.8. The van der Waals surface area contributed by atoms with Crippen LogP contribution in [0.3, 0.4) is 0 Å². The van der Waals surface area contributed by atoms with Gasteiger partial charge in [0.25, 0.3) is 12.0 Å². The molecule has 1 heterocycles. The van der Waals surface area contributed by atoms with Gasteiger partial charge in [-0.15, -0.1) is 0 Å². The van der Waals surface area contributed by atoms with E-state index in [9.17, 15) is 18.4 Å². The summed E-state index contributed by atoms with van der Waals surface area (Å²) in [5.74, 6) is -0.687. The van der Waals surface area contributed by atoms with Crippen LogP contribution in [0.25, 0.3) is 0 Å². The maximum absolute atomic E-state index is 12.6. The summed E-state index contributed by atoms with van der Waals surface area (Å²) in [6, 6.07) is 0. The lowest BCUT2D eigenvalue weighted by molar-refractivity contribution is -0.139. The molecule has 1 aromatic rings. The molecule has 0 aliphatic heterocycles. The van der Waals surface area contributed by atoms with Crippen LogP contribution in [-0.2, 0) is 16.0 Å². The normalized spacial score (nSPS) is 10.6. The molecule has 0 aliphatic carbocycles. The van der Waals surface area contributed by atoms with Gasteiger partial charge in [0.05, 0.1) is 19.1 Å². The third kappa shape index (κ3) is 2.66. The van der Waals surface area contributed by atoms with Gasteiger partial charge in [-0.3, -0.25) is 9.59 Å². The molecule has 1 aromatic heterocycles. The number of H-pyrrole nitrogens is 1. The predicted octanol–water partition coefficient (Wildman–Crippen LogP) is 1.79. The number of esters is 1. The number of nitrogens with one attached hydrogen (secondary N) is 1. The monoisotopic (exact) mass is 295 g/mol. The predicted molar refractivity (Wildman–Crippen MR) is 55.4 cm³/mol. The highest BCUT2D eigenvalue weighted by Crippen LogP contribution is 2.25. The van der Waals surface area contributed by atoms with Gasteiger partial charge in [0.1, 0.15) is 0 Å². The van der Waals surface area contributed by atoms with E-state index in [1.165, 1.54) is 6.20 Å². The number of hydrogen-bond donors (Lipinski definition) is 1. The number of alkyl halides is 2. The number of hydrogen-bond acceptors (Lipinski definition) is 3. The van der Waals surface area contributed by atoms with Crippen LogP contribution < -0.4 is 5.56 Å². The molecule has 0 saturated carbocycles. The number of aromatic amines is 1. The Hall–Kier alpha value is -1.24. The Balaban J connectivity index is 3.29. The van der Waals surface area contributed by atoms with E-state index in [0.717, 1.165) is 7.11 Å². The highest BCUT2D eigenvalue weighted by Gasteiger charge is 2.21. The molecular weight excluding hydrogens is 288 g/mol. The highest BCUT2D eigenvalue weighted by atomic mass is 79.9. The number of rotatable bonds is 3. The summed E-state index contributed by atoms with van der Waals surface area (Å²) in [5, 5.41) is 0. The van der Waals surface area contributed by atoms with Gasteiger partial charge < -0.3 is 9.72 Å². The number of aromatic nitrogens is 1. The molecule has 0 radical (unpaired) electrons. The van der Waals surface area contributed by atoms with Crippen LogP contribution in [0.4, 0.5) is 8.78 Å². The average molecular weight is 296 g/mol. The van der Waals surface area contributed by atoms with Gasteiger partial charge in [-0.25, -0.2) is 8.78 Å². The van der Waals surface area contributed by atoms with E-state index < -0.39 is 23.5 Å². The van der Waals surface area contributed by atoms with Crippen molar-refractivity contribution in [2.75, 3.05) is 7.11 Å². The second-order valence-electron chi connectivity index (χ2n) is 2.91. The van der Waals surface area contributed by atoms with Crippen molar-refractivity contribution in [2.24, 2.45) is 0 Å². The molecule has 4 nitrogen and oxygen atoms in total. The van der Waals surface area contributed by atoms with Crippen LogP contribution in [0.2, 0.25) is 0 Å². The molecule has 0 bridgehead atoms. The lowest BCUT2D eigenvalue weighted by Crippen LogP contribution is -2.18. The Morgan fingerprint density at radius 2 is 2.25 bits per heavy atom. The molecule has 0 saturated heterocycles. The average Bonchev–Trinajstić information content (AvgIpc) is 2.22. The van der Waals surface area contributed by atoms with Crippen molar-refractivity contribution < 1.29 is 18.3 Å². The second kappa shape index (κ2) is 5.20. The van der Waals surface area contributed by atoms with E-state index in [-0.39, 0.29) is 16.5 Å². The van der Waals surface area contributed by atoms with E-state index in [4.69, 9.17) is 0 Å². The topological polar surface area (TPSA) is 59.2 Å². The Kier molecular flexibility index (Phi) is 4.17. The fourth-order valence-electron chi connectivity index (χ4n) is 1.19. The minimum absolute atomic E-state index is 0.0504. The summed E-state index contributed by atoms with van der Waals surface area (Å²) < 4.78 is 29.9. The lowest BCUT2D eigenvalue weighted by Gasteiger charge is -2.08. The maximum atomic E-state index is 12.6. The van der Waals surface area contributed by atoms with Crippen molar-refractivity contribution in [2.45, 2.75) is 12.8 Å². The molecule has 0 aliphatic rings. The molecule has 1 rings (SSSR count). The SMILES string of the molecule is COC(=O)Cc1c(Br)c[nH]c(=O)c1C(F)F. The zero-order valence-corrected chi connectivity index (χ0v) is 9.81. The quantitative estimate of drug-likeness (QED) is 0.865. The highest BCUT2D eigenvalue weighted by molar-refractivity contribution is 9.10. The van der Waals surface area contributed by atoms with Crippen molar-refractivity contribution in [1.82, 2.24) is 4.98 Å². The lowest BCUT2D eigenvalue weighted by atomic mass is 10.1.